The molecule has 0 spiro atoms. The molecule has 1 atom stereocenters. The first-order valence-corrected chi connectivity index (χ1v) is 20.9. The molecular formula is C47H54N6O11. The van der Waals surface area contributed by atoms with Gasteiger partial charge in [-0.15, -0.1) is 0 Å². The van der Waals surface area contributed by atoms with E-state index in [1.54, 1.807) is 24.1 Å². The van der Waals surface area contributed by atoms with Gasteiger partial charge in [-0.1, -0.05) is 66.7 Å². The normalized spacial score (nSPS) is 13.2. The third-order valence-corrected chi connectivity index (χ3v) is 10.6. The van der Waals surface area contributed by atoms with Crippen molar-refractivity contribution in [3.8, 4) is 16.9 Å². The molecule has 0 saturated carbocycles. The number of unbranched alkanes of at least 4 members (excludes halogenated alkanes) is 1. The predicted octanol–water partition coefficient (Wildman–Crippen LogP) is 5.55. The van der Waals surface area contributed by atoms with E-state index >= 15 is 0 Å². The first kappa shape index (κ1) is 48.0. The van der Waals surface area contributed by atoms with Crippen LogP contribution in [0.1, 0.15) is 55.8 Å². The second-order valence-electron chi connectivity index (χ2n) is 15.3. The number of anilines is 2. The van der Waals surface area contributed by atoms with Gasteiger partial charge in [-0.05, 0) is 72.7 Å². The number of aliphatic carboxylic acids is 2. The summed E-state index contributed by atoms with van der Waals surface area (Å²) >= 11 is 0. The fourth-order valence-electron chi connectivity index (χ4n) is 7.15. The number of hydrogen-bond acceptors (Lipinski definition) is 11. The van der Waals surface area contributed by atoms with Crippen LogP contribution < -0.4 is 21.5 Å². The number of piperidine rings is 1. The van der Waals surface area contributed by atoms with Crippen molar-refractivity contribution in [3.63, 3.8) is 0 Å². The number of hydrogen-bond donors (Lipinski definition) is 8. The Kier molecular flexibility index (Phi) is 17.9. The van der Waals surface area contributed by atoms with Gasteiger partial charge in [0.25, 0.3) is 0 Å². The van der Waals surface area contributed by atoms with Crippen LogP contribution in [0.25, 0.3) is 22.0 Å². The molecule has 0 bridgehead atoms. The minimum absolute atomic E-state index is 0.0570. The molecule has 0 radical (unpaired) electrons. The molecule has 0 unspecified atom stereocenters. The molecule has 2 heterocycles. The molecule has 64 heavy (non-hydrogen) atoms. The van der Waals surface area contributed by atoms with Crippen LogP contribution in [-0.4, -0.2) is 111 Å². The van der Waals surface area contributed by atoms with E-state index in [2.05, 4.69) is 25.8 Å². The van der Waals surface area contributed by atoms with Crippen LogP contribution in [0.15, 0.2) is 108 Å². The largest absolute Gasteiger partial charge is 0.506 e. The number of pyridine rings is 1. The third kappa shape index (κ3) is 14.8. The van der Waals surface area contributed by atoms with Crippen molar-refractivity contribution in [1.29, 1.82) is 0 Å². The van der Waals surface area contributed by atoms with E-state index in [1.807, 2.05) is 78.9 Å². The fraction of sp³-hybridized carbons (Fsp3) is 0.319. The standard InChI is InChI=1S/C45H52N6O7.C2H2O4/c1-50(43(56)24-28-51-26-22-34(23-27-51)58-45(57)48-38-12-6-5-11-35(38)32-9-3-2-4-10-32)25-8-7-13-41(54)47-33-16-14-31(15-17-33)29-46-30-40(53)36-18-20-39(52)44-37(36)19-21-42(55)49-44;3-1(4)2(5)6/h2-6,9-12,14-21,34,40,46,52-53H,7-8,13,22-30H2,1H3,(H,47,54)(H,48,57)(H,49,55);(H,3,4)(H,5,6)/t40-;/m0./s1. The summed E-state index contributed by atoms with van der Waals surface area (Å²) in [6.07, 6.45) is 2.03. The van der Waals surface area contributed by atoms with Crippen LogP contribution in [-0.2, 0) is 30.5 Å². The van der Waals surface area contributed by atoms with Crippen LogP contribution in [0.4, 0.5) is 16.2 Å². The number of carboxylic acids is 2. The molecule has 1 aromatic heterocycles. The molecule has 1 saturated heterocycles. The monoisotopic (exact) mass is 878 g/mol. The zero-order valence-corrected chi connectivity index (χ0v) is 35.5. The molecule has 6 rings (SSSR count). The molecule has 0 aliphatic carbocycles. The number of amides is 3. The highest BCUT2D eigenvalue weighted by Gasteiger charge is 2.24. The topological polar surface area (TPSA) is 251 Å². The maximum absolute atomic E-state index is 12.8. The number of phenols is 1. The van der Waals surface area contributed by atoms with E-state index < -0.39 is 24.1 Å². The molecular weight excluding hydrogens is 825 g/mol. The highest BCUT2D eigenvalue weighted by Crippen LogP contribution is 2.29. The molecule has 1 fully saturated rings. The van der Waals surface area contributed by atoms with Crippen molar-refractivity contribution in [2.75, 3.05) is 50.4 Å². The molecule has 17 nitrogen and oxygen atoms in total. The Morgan fingerprint density at radius 3 is 2.22 bits per heavy atom. The SMILES string of the molecule is CN(CCCCC(=O)Nc1ccc(CNC[C@H](O)c2ccc(O)c3[nH]c(=O)ccc23)cc1)C(=O)CCN1CCC(OC(=O)Nc2ccccc2-c2ccccc2)CC1.O=C(O)C(=O)O. The number of carbonyl (C=O) groups is 5. The van der Waals surface area contributed by atoms with Crippen molar-refractivity contribution in [2.24, 2.45) is 0 Å². The first-order valence-electron chi connectivity index (χ1n) is 20.9. The predicted molar refractivity (Wildman–Crippen MR) is 241 cm³/mol. The maximum Gasteiger partial charge on any atom is 0.414 e. The summed E-state index contributed by atoms with van der Waals surface area (Å²) in [6.45, 7) is 3.46. The number of aliphatic hydroxyl groups is 1. The number of likely N-dealkylation sites (tertiary alicyclic amines) is 1. The van der Waals surface area contributed by atoms with Gasteiger partial charge in [0, 0.05) is 81.9 Å². The number of carbonyl (C=O) groups excluding carboxylic acids is 3. The number of rotatable bonds is 17. The number of benzene rings is 4. The molecule has 338 valence electrons. The number of aromatic hydroxyl groups is 1. The number of nitrogens with zero attached hydrogens (tertiary/aromatic N) is 2. The molecule has 3 amide bonds. The highest BCUT2D eigenvalue weighted by molar-refractivity contribution is 6.27. The first-order chi connectivity index (χ1) is 30.8. The second-order valence-corrected chi connectivity index (χ2v) is 15.3. The van der Waals surface area contributed by atoms with Gasteiger partial charge >= 0.3 is 18.0 Å². The Bertz CT molecular complexity index is 2410. The molecule has 1 aliphatic heterocycles. The summed E-state index contributed by atoms with van der Waals surface area (Å²) in [5.41, 5.74) is 4.86. The van der Waals surface area contributed by atoms with Crippen LogP contribution in [0.5, 0.6) is 5.75 Å². The van der Waals surface area contributed by atoms with Crippen LogP contribution in [0.3, 0.4) is 0 Å². The van der Waals surface area contributed by atoms with E-state index in [0.717, 1.165) is 29.8 Å². The van der Waals surface area contributed by atoms with Crippen molar-refractivity contribution >= 4 is 52.1 Å². The van der Waals surface area contributed by atoms with E-state index in [1.165, 1.54) is 12.1 Å². The van der Waals surface area contributed by atoms with Crippen molar-refractivity contribution in [3.05, 3.63) is 125 Å². The highest BCUT2D eigenvalue weighted by atomic mass is 16.6. The molecule has 8 N–H and O–H groups in total. The van der Waals surface area contributed by atoms with Gasteiger partial charge in [-0.25, -0.2) is 14.4 Å². The number of carboxylic acid groups (broad SMARTS) is 2. The summed E-state index contributed by atoms with van der Waals surface area (Å²) in [7, 11) is 1.80. The minimum Gasteiger partial charge on any atom is -0.506 e. The number of aromatic nitrogens is 1. The molecule has 1 aliphatic rings. The third-order valence-electron chi connectivity index (χ3n) is 10.6. The van der Waals surface area contributed by atoms with Crippen molar-refractivity contribution in [1.82, 2.24) is 20.1 Å². The number of para-hydroxylation sites is 1. The lowest BCUT2D eigenvalue weighted by atomic mass is 10.0. The second kappa shape index (κ2) is 23.9. The van der Waals surface area contributed by atoms with Crippen LogP contribution in [0, 0.1) is 0 Å². The quantitative estimate of drug-likeness (QED) is 0.0422. The lowest BCUT2D eigenvalue weighted by molar-refractivity contribution is -0.159. The number of ether oxygens (including phenoxy) is 1. The Balaban J connectivity index is 0.00000120. The summed E-state index contributed by atoms with van der Waals surface area (Å²) in [6, 6.07) is 31.1. The van der Waals surface area contributed by atoms with Crippen LogP contribution in [0.2, 0.25) is 0 Å². The Morgan fingerprint density at radius 1 is 0.828 bits per heavy atom. The van der Waals surface area contributed by atoms with Crippen molar-refractivity contribution < 1.29 is 49.1 Å². The van der Waals surface area contributed by atoms with Gasteiger partial charge < -0.3 is 50.6 Å². The fourth-order valence-corrected chi connectivity index (χ4v) is 7.15. The van der Waals surface area contributed by atoms with Gasteiger partial charge in [0.2, 0.25) is 17.4 Å². The summed E-state index contributed by atoms with van der Waals surface area (Å²) < 4.78 is 5.75. The zero-order valence-electron chi connectivity index (χ0n) is 35.5. The van der Waals surface area contributed by atoms with E-state index in [4.69, 9.17) is 24.5 Å². The minimum atomic E-state index is -1.82. The lowest BCUT2D eigenvalue weighted by Crippen LogP contribution is -2.40. The maximum atomic E-state index is 12.8. The van der Waals surface area contributed by atoms with Gasteiger partial charge in [0.1, 0.15) is 11.9 Å². The number of aromatic amines is 1. The van der Waals surface area contributed by atoms with E-state index in [-0.39, 0.29) is 35.8 Å². The Labute approximate surface area is 369 Å². The van der Waals surface area contributed by atoms with Crippen LogP contribution >= 0.6 is 0 Å². The van der Waals surface area contributed by atoms with Gasteiger partial charge in [-0.3, -0.25) is 19.7 Å². The van der Waals surface area contributed by atoms with E-state index in [0.29, 0.717) is 86.0 Å². The number of phenolic OH excluding ortho intramolecular Hbond substituents is 1. The van der Waals surface area contributed by atoms with E-state index in [9.17, 15) is 29.4 Å². The number of H-pyrrole nitrogens is 1. The average Bonchev–Trinajstić information content (AvgIpc) is 3.29. The number of aliphatic hydroxyl groups excluding tert-OH is 1. The summed E-state index contributed by atoms with van der Waals surface area (Å²) in [5, 5.41) is 45.3. The van der Waals surface area contributed by atoms with Gasteiger partial charge in [0.15, 0.2) is 0 Å². The molecule has 4 aromatic carbocycles. The summed E-state index contributed by atoms with van der Waals surface area (Å²) in [5.74, 6) is -3.73. The van der Waals surface area contributed by atoms with Gasteiger partial charge in [0.05, 0.1) is 17.3 Å². The smallest absolute Gasteiger partial charge is 0.414 e. The number of fused-ring (bicyclic) bond motifs is 1. The number of nitrogens with one attached hydrogen (secondary N) is 4. The summed E-state index contributed by atoms with van der Waals surface area (Å²) in [4.78, 5) is 74.6. The molecule has 5 aromatic rings. The zero-order chi connectivity index (χ0) is 46.0. The average molecular weight is 879 g/mol. The van der Waals surface area contributed by atoms with Gasteiger partial charge in [-0.2, -0.15) is 0 Å². The van der Waals surface area contributed by atoms with Crippen molar-refractivity contribution in [2.45, 2.75) is 57.3 Å². The molecule has 17 heteroatoms. The Morgan fingerprint density at radius 2 is 1.52 bits per heavy atom. The Hall–Kier alpha value is -7.08. The lowest BCUT2D eigenvalue weighted by Gasteiger charge is -2.31.